The molecule has 4 N–H and O–H groups in total. The fourth-order valence-electron chi connectivity index (χ4n) is 1.40. The fourth-order valence-corrected chi connectivity index (χ4v) is 2.71. The van der Waals surface area contributed by atoms with E-state index in [0.29, 0.717) is 0 Å². The molecule has 0 aliphatic heterocycles. The maximum absolute atomic E-state index is 13.0. The van der Waals surface area contributed by atoms with Crippen molar-refractivity contribution in [3.63, 3.8) is 0 Å². The van der Waals surface area contributed by atoms with E-state index in [4.69, 9.17) is 18.0 Å². The predicted molar refractivity (Wildman–Crippen MR) is 84.8 cm³/mol. The first-order valence-corrected chi connectivity index (χ1v) is 7.89. The second kappa shape index (κ2) is 8.35. The largest absolute Gasteiger partial charge is 0.611 e. The number of ether oxygens (including phenoxy) is 1. The Morgan fingerprint density at radius 2 is 2.12 bits per heavy atom. The Labute approximate surface area is 142 Å². The van der Waals surface area contributed by atoms with E-state index in [9.17, 15) is 26.9 Å². The van der Waals surface area contributed by atoms with Crippen molar-refractivity contribution in [2.24, 2.45) is 0 Å². The molecule has 0 aliphatic rings. The monoisotopic (exact) mass is 387 g/mol. The summed E-state index contributed by atoms with van der Waals surface area (Å²) >= 11 is 2.40. The molecule has 1 rings (SSSR count). The molecule has 1 atom stereocenters. The third kappa shape index (κ3) is 5.69. The quantitative estimate of drug-likeness (QED) is 0.310. The van der Waals surface area contributed by atoms with Crippen molar-refractivity contribution in [2.75, 3.05) is 23.9 Å². The van der Waals surface area contributed by atoms with Crippen LogP contribution in [-0.4, -0.2) is 41.0 Å². The molecule has 0 heterocycles. The van der Waals surface area contributed by atoms with Crippen molar-refractivity contribution in [1.82, 2.24) is 5.32 Å². The lowest BCUT2D eigenvalue weighted by Gasteiger charge is -2.19. The van der Waals surface area contributed by atoms with Gasteiger partial charge < -0.3 is 20.3 Å². The number of alkyl halides is 4. The van der Waals surface area contributed by atoms with Crippen LogP contribution in [0.1, 0.15) is 0 Å². The highest BCUT2D eigenvalue weighted by Gasteiger charge is 2.45. The summed E-state index contributed by atoms with van der Waals surface area (Å²) < 4.78 is 66.5. The van der Waals surface area contributed by atoms with E-state index in [0.717, 1.165) is 19.2 Å². The molecule has 0 aromatic heterocycles. The molecule has 1 amide bonds. The number of thiocarbonyl (C=S) groups is 1. The number of rotatable bonds is 5. The number of nitrogen functional groups attached to an aromatic ring is 1. The van der Waals surface area contributed by atoms with Gasteiger partial charge in [-0.25, -0.2) is 13.6 Å². The molecular formula is C12H13F4N3O3S2. The van der Waals surface area contributed by atoms with Crippen molar-refractivity contribution in [2.45, 2.75) is 17.2 Å². The summed E-state index contributed by atoms with van der Waals surface area (Å²) in [6.07, 6.45) is -4.79. The molecule has 0 saturated carbocycles. The second-order valence-corrected chi connectivity index (χ2v) is 6.23. The minimum atomic E-state index is -4.39. The van der Waals surface area contributed by atoms with E-state index in [1.807, 2.05) is 0 Å². The number of anilines is 2. The van der Waals surface area contributed by atoms with Gasteiger partial charge >= 0.3 is 18.4 Å². The average molecular weight is 387 g/mol. The number of halogens is 4. The number of alkyl carbamates (subject to hydrolysis) is 1. The SMILES string of the molecule is COC(=O)NC(=S)Nc1cc([S+]([O-])CC(F)(F)C(F)F)ccc1N. The van der Waals surface area contributed by atoms with E-state index >= 15 is 0 Å². The van der Waals surface area contributed by atoms with E-state index in [1.54, 1.807) is 0 Å². The van der Waals surface area contributed by atoms with Gasteiger partial charge in [0.2, 0.25) is 0 Å². The first kappa shape index (κ1) is 20.3. The zero-order valence-electron chi connectivity index (χ0n) is 12.1. The van der Waals surface area contributed by atoms with Gasteiger partial charge in [0.05, 0.1) is 18.5 Å². The van der Waals surface area contributed by atoms with Gasteiger partial charge in [-0.1, -0.05) is 0 Å². The van der Waals surface area contributed by atoms with Crippen LogP contribution in [0.2, 0.25) is 0 Å². The first-order valence-electron chi connectivity index (χ1n) is 6.16. The molecule has 0 saturated heterocycles. The van der Waals surface area contributed by atoms with Crippen LogP contribution in [0.15, 0.2) is 23.1 Å². The molecule has 0 fully saturated rings. The summed E-state index contributed by atoms with van der Waals surface area (Å²) in [5, 5.41) is 4.38. The maximum Gasteiger partial charge on any atom is 0.413 e. The molecule has 1 aromatic rings. The van der Waals surface area contributed by atoms with Gasteiger partial charge in [-0.05, 0) is 35.5 Å². The molecule has 1 aromatic carbocycles. The van der Waals surface area contributed by atoms with Gasteiger partial charge in [0.1, 0.15) is 0 Å². The highest BCUT2D eigenvalue weighted by molar-refractivity contribution is 7.91. The maximum atomic E-state index is 13.0. The number of nitrogens with one attached hydrogen (secondary N) is 2. The second-order valence-electron chi connectivity index (χ2n) is 4.37. The van der Waals surface area contributed by atoms with Gasteiger partial charge in [-0.2, -0.15) is 8.78 Å². The van der Waals surface area contributed by atoms with E-state index in [2.05, 4.69) is 15.4 Å². The Morgan fingerprint density at radius 1 is 1.50 bits per heavy atom. The van der Waals surface area contributed by atoms with Gasteiger partial charge in [0.15, 0.2) is 15.8 Å². The minimum absolute atomic E-state index is 0.0580. The fraction of sp³-hybridized carbons (Fsp3) is 0.333. The summed E-state index contributed by atoms with van der Waals surface area (Å²) in [5.41, 5.74) is 5.80. The van der Waals surface area contributed by atoms with Crippen LogP contribution in [0.3, 0.4) is 0 Å². The highest BCUT2D eigenvalue weighted by atomic mass is 32.2. The van der Waals surface area contributed by atoms with E-state index in [1.165, 1.54) is 6.07 Å². The third-order valence-electron chi connectivity index (χ3n) is 2.58. The summed E-state index contributed by atoms with van der Waals surface area (Å²) in [6.45, 7) is 0. The van der Waals surface area contributed by atoms with Gasteiger partial charge in [-0.15, -0.1) is 0 Å². The van der Waals surface area contributed by atoms with Gasteiger partial charge in [0, 0.05) is 6.07 Å². The number of benzene rings is 1. The van der Waals surface area contributed by atoms with Gasteiger partial charge in [-0.3, -0.25) is 5.32 Å². The molecule has 12 heteroatoms. The van der Waals surface area contributed by atoms with Crippen LogP contribution in [0.25, 0.3) is 0 Å². The normalized spacial score (nSPS) is 12.6. The topological polar surface area (TPSA) is 99.4 Å². The number of nitrogens with two attached hydrogens (primary N) is 1. The zero-order chi connectivity index (χ0) is 18.5. The third-order valence-corrected chi connectivity index (χ3v) is 4.21. The number of amides is 1. The van der Waals surface area contributed by atoms with E-state index in [-0.39, 0.29) is 21.4 Å². The number of carbonyl (C=O) groups excluding carboxylic acids is 1. The molecule has 24 heavy (non-hydrogen) atoms. The van der Waals surface area contributed by atoms with Crippen LogP contribution in [0, 0.1) is 0 Å². The Balaban J connectivity index is 2.89. The van der Waals surface area contributed by atoms with Crippen LogP contribution >= 0.6 is 12.2 Å². The summed E-state index contributed by atoms with van der Waals surface area (Å²) in [6, 6.07) is 3.50. The van der Waals surface area contributed by atoms with E-state index < -0.39 is 35.4 Å². The Kier molecular flexibility index (Phi) is 7.05. The molecule has 0 aliphatic carbocycles. The van der Waals surface area contributed by atoms with Crippen molar-refractivity contribution < 1.29 is 31.6 Å². The standard InChI is InChI=1S/C12H13F4N3O3S2/c1-22-11(20)19-10(23)18-8-4-6(2-3-7(8)17)24(21)5-12(15,16)9(13)14/h2-4,9H,5,17H2,1H3,(H2,18,19,20,23). The molecule has 0 spiro atoms. The van der Waals surface area contributed by atoms with Crippen LogP contribution in [0.5, 0.6) is 0 Å². The first-order chi connectivity index (χ1) is 11.1. The van der Waals surface area contributed by atoms with Crippen molar-refractivity contribution in [3.8, 4) is 0 Å². The molecule has 6 nitrogen and oxygen atoms in total. The number of methoxy groups -OCH3 is 1. The smallest absolute Gasteiger partial charge is 0.413 e. The Bertz CT molecular complexity index is 619. The van der Waals surface area contributed by atoms with Crippen LogP contribution in [-0.2, 0) is 15.9 Å². The lowest BCUT2D eigenvalue weighted by molar-refractivity contribution is -0.111. The number of hydrogen-bond acceptors (Lipinski definition) is 5. The summed E-state index contributed by atoms with van der Waals surface area (Å²) in [7, 11) is 1.11. The van der Waals surface area contributed by atoms with Gasteiger partial charge in [0.25, 0.3) is 0 Å². The lowest BCUT2D eigenvalue weighted by Crippen LogP contribution is -2.35. The number of carbonyl (C=O) groups is 1. The molecule has 0 radical (unpaired) electrons. The summed E-state index contributed by atoms with van der Waals surface area (Å²) in [4.78, 5) is 10.8. The molecular weight excluding hydrogens is 374 g/mol. The van der Waals surface area contributed by atoms with Crippen LogP contribution in [0.4, 0.5) is 33.7 Å². The Hall–Kier alpha value is -1.79. The van der Waals surface area contributed by atoms with Crippen molar-refractivity contribution >= 4 is 46.0 Å². The Morgan fingerprint density at radius 3 is 2.67 bits per heavy atom. The minimum Gasteiger partial charge on any atom is -0.611 e. The number of hydrogen-bond donors (Lipinski definition) is 3. The molecule has 134 valence electrons. The molecule has 1 unspecified atom stereocenters. The molecule has 0 bridgehead atoms. The van der Waals surface area contributed by atoms with Crippen LogP contribution < -0.4 is 16.4 Å². The lowest BCUT2D eigenvalue weighted by atomic mass is 10.3. The predicted octanol–water partition coefficient (Wildman–Crippen LogP) is 2.33. The van der Waals surface area contributed by atoms with Crippen molar-refractivity contribution in [1.29, 1.82) is 0 Å². The summed E-state index contributed by atoms with van der Waals surface area (Å²) in [5.74, 6) is -5.93. The average Bonchev–Trinajstić information content (AvgIpc) is 2.48. The highest BCUT2D eigenvalue weighted by Crippen LogP contribution is 2.29. The zero-order valence-corrected chi connectivity index (χ0v) is 13.8. The van der Waals surface area contributed by atoms with Crippen molar-refractivity contribution in [3.05, 3.63) is 18.2 Å².